The second-order valence-corrected chi connectivity index (χ2v) is 11.5. The van der Waals surface area contributed by atoms with Crippen molar-refractivity contribution >= 4 is 11.6 Å². The van der Waals surface area contributed by atoms with Gasteiger partial charge in [0, 0.05) is 59.5 Å². The summed E-state index contributed by atoms with van der Waals surface area (Å²) in [4.78, 5) is 14.1. The lowest BCUT2D eigenvalue weighted by Gasteiger charge is -2.41. The summed E-state index contributed by atoms with van der Waals surface area (Å²) < 4.78 is 28.6. The number of ether oxygens (including phenoxy) is 5. The summed E-state index contributed by atoms with van der Waals surface area (Å²) in [7, 11) is 8.61. The first kappa shape index (κ1) is 28.0. The van der Waals surface area contributed by atoms with E-state index in [1.807, 2.05) is 5.01 Å². The Balaban J connectivity index is 1.55. The zero-order chi connectivity index (χ0) is 25.8. The average molecular weight is 509 g/mol. The molecule has 36 heavy (non-hydrogen) atoms. The summed E-state index contributed by atoms with van der Waals surface area (Å²) in [6.07, 6.45) is 9.57. The summed E-state index contributed by atoms with van der Waals surface area (Å²) in [6, 6.07) is 0.156. The van der Waals surface area contributed by atoms with Crippen LogP contribution in [0.2, 0.25) is 0 Å². The van der Waals surface area contributed by atoms with E-state index in [2.05, 4.69) is 6.92 Å². The van der Waals surface area contributed by atoms with Gasteiger partial charge in [-0.15, -0.1) is 0 Å². The van der Waals surface area contributed by atoms with E-state index in [9.17, 15) is 4.79 Å². The highest BCUT2D eigenvalue weighted by atomic mass is 16.6. The van der Waals surface area contributed by atoms with E-state index in [4.69, 9.17) is 28.8 Å². The molecule has 8 heteroatoms. The first-order valence-electron chi connectivity index (χ1n) is 14.0. The summed E-state index contributed by atoms with van der Waals surface area (Å²) in [5.74, 6) is 1.56. The molecule has 3 fully saturated rings. The van der Waals surface area contributed by atoms with Gasteiger partial charge in [-0.3, -0.25) is 4.79 Å². The van der Waals surface area contributed by atoms with E-state index < -0.39 is 0 Å². The minimum Gasteiger partial charge on any atom is -0.379 e. The van der Waals surface area contributed by atoms with Gasteiger partial charge >= 0.3 is 0 Å². The van der Waals surface area contributed by atoms with Gasteiger partial charge in [-0.1, -0.05) is 19.8 Å². The third-order valence-corrected chi connectivity index (χ3v) is 9.60. The van der Waals surface area contributed by atoms with Crippen molar-refractivity contribution in [2.75, 3.05) is 35.5 Å². The molecule has 0 spiro atoms. The molecule has 0 aromatic rings. The molecule has 6 atom stereocenters. The summed E-state index contributed by atoms with van der Waals surface area (Å²) in [6.45, 7) is 2.35. The van der Waals surface area contributed by atoms with Crippen LogP contribution in [0.4, 0.5) is 0 Å². The number of methoxy groups -OCH3 is 5. The third-order valence-electron chi connectivity index (χ3n) is 9.60. The molecule has 8 nitrogen and oxygen atoms in total. The van der Waals surface area contributed by atoms with Gasteiger partial charge < -0.3 is 23.7 Å². The van der Waals surface area contributed by atoms with Crippen LogP contribution in [0.1, 0.15) is 71.1 Å². The van der Waals surface area contributed by atoms with E-state index in [0.29, 0.717) is 24.7 Å². The zero-order valence-corrected chi connectivity index (χ0v) is 23.2. The molecule has 0 aromatic carbocycles. The highest BCUT2D eigenvalue weighted by molar-refractivity contribution is 5.92. The van der Waals surface area contributed by atoms with E-state index >= 15 is 0 Å². The normalized spacial score (nSPS) is 41.8. The van der Waals surface area contributed by atoms with Crippen LogP contribution in [0.15, 0.2) is 5.10 Å². The Morgan fingerprint density at radius 2 is 1.36 bits per heavy atom. The molecule has 1 amide bonds. The molecular weight excluding hydrogens is 460 g/mol. The van der Waals surface area contributed by atoms with Gasteiger partial charge in [0.25, 0.3) is 0 Å². The molecule has 6 unspecified atom stereocenters. The molecule has 0 N–H and O–H groups in total. The van der Waals surface area contributed by atoms with Gasteiger partial charge in [0.15, 0.2) is 0 Å². The van der Waals surface area contributed by atoms with Crippen molar-refractivity contribution in [3.63, 3.8) is 0 Å². The second-order valence-electron chi connectivity index (χ2n) is 11.5. The minimum atomic E-state index is -0.185. The number of hydrazone groups is 1. The van der Waals surface area contributed by atoms with Crippen molar-refractivity contribution in [3.8, 4) is 0 Å². The van der Waals surface area contributed by atoms with Crippen molar-refractivity contribution in [3.05, 3.63) is 0 Å². The number of amides is 1. The molecule has 0 aromatic heterocycles. The van der Waals surface area contributed by atoms with Crippen LogP contribution in [0, 0.1) is 23.7 Å². The summed E-state index contributed by atoms with van der Waals surface area (Å²) in [5, 5.41) is 7.01. The molecule has 0 saturated heterocycles. The number of hydrogen-bond acceptors (Lipinski definition) is 7. The number of hydrogen-bond donors (Lipinski definition) is 0. The second kappa shape index (κ2) is 12.7. The number of carbonyl (C=O) groups excluding carboxylic acids is 1. The first-order chi connectivity index (χ1) is 17.4. The number of carbonyl (C=O) groups is 1. The van der Waals surface area contributed by atoms with Crippen molar-refractivity contribution in [1.29, 1.82) is 0 Å². The maximum atomic E-state index is 14.1. The van der Waals surface area contributed by atoms with Gasteiger partial charge in [-0.25, -0.2) is 5.01 Å². The van der Waals surface area contributed by atoms with Crippen LogP contribution in [0.25, 0.3) is 0 Å². The van der Waals surface area contributed by atoms with Crippen LogP contribution >= 0.6 is 0 Å². The van der Waals surface area contributed by atoms with Crippen LogP contribution in [0.3, 0.4) is 0 Å². The molecule has 3 saturated carbocycles. The predicted molar refractivity (Wildman–Crippen MR) is 138 cm³/mol. The van der Waals surface area contributed by atoms with Crippen LogP contribution in [-0.2, 0) is 28.5 Å². The molecule has 4 rings (SSSR count). The number of nitrogens with zero attached hydrogens (tertiary/aromatic N) is 2. The highest BCUT2D eigenvalue weighted by Crippen LogP contribution is 2.41. The summed E-state index contributed by atoms with van der Waals surface area (Å²) >= 11 is 0. The Labute approximate surface area is 217 Å². The van der Waals surface area contributed by atoms with Crippen molar-refractivity contribution in [1.82, 2.24) is 5.01 Å². The predicted octanol–water partition coefficient (Wildman–Crippen LogP) is 4.05. The molecule has 0 bridgehead atoms. The van der Waals surface area contributed by atoms with Crippen molar-refractivity contribution in [2.45, 2.75) is 108 Å². The van der Waals surface area contributed by atoms with Crippen LogP contribution in [-0.4, -0.2) is 88.7 Å². The maximum Gasteiger partial charge on any atom is 0.246 e. The average Bonchev–Trinajstić information content (AvgIpc) is 3.37. The highest BCUT2D eigenvalue weighted by Gasteiger charge is 2.47. The lowest BCUT2D eigenvalue weighted by Crippen LogP contribution is -2.52. The van der Waals surface area contributed by atoms with E-state index in [1.54, 1.807) is 35.5 Å². The number of rotatable bonds is 8. The Kier molecular flexibility index (Phi) is 9.83. The fraction of sp³-hybridized carbons (Fsp3) is 0.929. The topological polar surface area (TPSA) is 78.8 Å². The molecule has 3 aliphatic carbocycles. The first-order valence-corrected chi connectivity index (χ1v) is 14.0. The zero-order valence-electron chi connectivity index (χ0n) is 23.2. The molecular formula is C28H48N2O6. The third kappa shape index (κ3) is 5.83. The smallest absolute Gasteiger partial charge is 0.246 e. The van der Waals surface area contributed by atoms with Gasteiger partial charge in [-0.05, 0) is 56.8 Å². The molecule has 1 heterocycles. The van der Waals surface area contributed by atoms with E-state index in [-0.39, 0.29) is 48.4 Å². The maximum absolute atomic E-state index is 14.1. The monoisotopic (exact) mass is 508 g/mol. The Bertz CT molecular complexity index is 740. The summed E-state index contributed by atoms with van der Waals surface area (Å²) in [5.41, 5.74) is 1.18. The Morgan fingerprint density at radius 3 is 1.92 bits per heavy atom. The fourth-order valence-corrected chi connectivity index (χ4v) is 7.29. The SMILES string of the molecule is COC1CCC(C2=NN(C(=O)C3CC(OC)C(OC)C(OC)C3)C(C3CCC(C)CC3)C2)CC1OC. The standard InChI is InChI=1S/C28H48N2O6/c1-17-7-9-18(10-8-17)22-16-21(19-11-12-23(32-2)24(13-19)33-3)29-30(22)28(31)20-14-25(34-4)27(36-6)26(15-20)35-5/h17-20,22-27H,7-16H2,1-6H3. The fourth-order valence-electron chi connectivity index (χ4n) is 7.29. The van der Waals surface area contributed by atoms with Gasteiger partial charge in [-0.2, -0.15) is 5.10 Å². The molecule has 206 valence electrons. The van der Waals surface area contributed by atoms with E-state index in [1.165, 1.54) is 31.4 Å². The van der Waals surface area contributed by atoms with Crippen LogP contribution < -0.4 is 0 Å². The molecule has 4 aliphatic rings. The quantitative estimate of drug-likeness (QED) is 0.492. The van der Waals surface area contributed by atoms with Crippen molar-refractivity contribution < 1.29 is 28.5 Å². The molecule has 1 aliphatic heterocycles. The lowest BCUT2D eigenvalue weighted by atomic mass is 9.75. The van der Waals surface area contributed by atoms with Gasteiger partial charge in [0.05, 0.1) is 30.5 Å². The van der Waals surface area contributed by atoms with E-state index in [0.717, 1.165) is 31.6 Å². The minimum absolute atomic E-state index is 0.0735. The van der Waals surface area contributed by atoms with Gasteiger partial charge in [0.1, 0.15) is 6.10 Å². The van der Waals surface area contributed by atoms with Gasteiger partial charge in [0.2, 0.25) is 5.91 Å². The Morgan fingerprint density at radius 1 is 0.750 bits per heavy atom. The largest absolute Gasteiger partial charge is 0.379 e. The molecule has 0 radical (unpaired) electrons. The van der Waals surface area contributed by atoms with Crippen molar-refractivity contribution in [2.24, 2.45) is 28.8 Å². The Hall–Kier alpha value is -1.06. The lowest BCUT2D eigenvalue weighted by molar-refractivity contribution is -0.161. The van der Waals surface area contributed by atoms with Crippen LogP contribution in [0.5, 0.6) is 0 Å².